The minimum atomic E-state index is -0.107. The minimum Gasteiger partial charge on any atom is -0.207 e. The zero-order valence-electron chi connectivity index (χ0n) is 10.4. The summed E-state index contributed by atoms with van der Waals surface area (Å²) in [6, 6.07) is 5.44. The van der Waals surface area contributed by atoms with Crippen molar-refractivity contribution in [3.63, 3.8) is 0 Å². The Morgan fingerprint density at radius 3 is 2.71 bits per heavy atom. The maximum atomic E-state index is 13.2. The molecule has 0 heterocycles. The molecule has 0 radical (unpaired) electrons. The van der Waals surface area contributed by atoms with Crippen LogP contribution >= 0.6 is 15.9 Å². The Hall–Kier alpha value is -0.370. The molecule has 0 nitrogen and oxygen atoms in total. The highest BCUT2D eigenvalue weighted by Crippen LogP contribution is 2.35. The van der Waals surface area contributed by atoms with Gasteiger partial charge < -0.3 is 0 Å². The Labute approximate surface area is 112 Å². The fraction of sp³-hybridized carbons (Fsp3) is 0.600. The third-order valence-corrected chi connectivity index (χ3v) is 4.83. The first-order chi connectivity index (χ1) is 8.16. The molecular formula is C15H20BrF. The van der Waals surface area contributed by atoms with Crippen molar-refractivity contribution in [1.29, 1.82) is 0 Å². The number of hydrogen-bond acceptors (Lipinski definition) is 0. The summed E-state index contributed by atoms with van der Waals surface area (Å²) in [6.07, 6.45) is 8.09. The van der Waals surface area contributed by atoms with Crippen LogP contribution in [0, 0.1) is 18.7 Å². The Morgan fingerprint density at radius 2 is 2.06 bits per heavy atom. The van der Waals surface area contributed by atoms with Gasteiger partial charge in [-0.2, -0.15) is 0 Å². The molecule has 1 saturated carbocycles. The molecule has 1 fully saturated rings. The van der Waals surface area contributed by atoms with Crippen LogP contribution in [0.15, 0.2) is 18.2 Å². The summed E-state index contributed by atoms with van der Waals surface area (Å²) in [5.41, 5.74) is 1.95. The predicted octanol–water partition coefficient (Wildman–Crippen LogP) is 5.54. The van der Waals surface area contributed by atoms with E-state index in [1.807, 2.05) is 19.1 Å². The lowest BCUT2D eigenvalue weighted by molar-refractivity contribution is 0.482. The third-order valence-electron chi connectivity index (χ3n) is 3.85. The van der Waals surface area contributed by atoms with Crippen molar-refractivity contribution in [3.05, 3.63) is 35.1 Å². The van der Waals surface area contributed by atoms with Gasteiger partial charge in [-0.25, -0.2) is 4.39 Å². The molecule has 0 aliphatic heterocycles. The maximum absolute atomic E-state index is 13.2. The molecule has 2 rings (SSSR count). The van der Waals surface area contributed by atoms with Crippen LogP contribution < -0.4 is 0 Å². The molecule has 1 unspecified atom stereocenters. The molecule has 1 aliphatic carbocycles. The number of hydrogen-bond donors (Lipinski definition) is 0. The number of rotatable bonds is 4. The largest absolute Gasteiger partial charge is 0.207 e. The van der Waals surface area contributed by atoms with Crippen LogP contribution in [0.3, 0.4) is 0 Å². The van der Waals surface area contributed by atoms with Crippen molar-refractivity contribution >= 4 is 15.9 Å². The van der Waals surface area contributed by atoms with Crippen LogP contribution in [0.25, 0.3) is 0 Å². The van der Waals surface area contributed by atoms with E-state index in [0.29, 0.717) is 4.83 Å². The number of aryl methyl sites for hydroxylation is 1. The molecular weight excluding hydrogens is 279 g/mol. The van der Waals surface area contributed by atoms with Gasteiger partial charge in [0.2, 0.25) is 0 Å². The van der Waals surface area contributed by atoms with Crippen LogP contribution in [0.5, 0.6) is 0 Å². The van der Waals surface area contributed by atoms with Gasteiger partial charge >= 0.3 is 0 Å². The Kier molecular flexibility index (Phi) is 4.61. The van der Waals surface area contributed by atoms with Gasteiger partial charge in [0.15, 0.2) is 0 Å². The van der Waals surface area contributed by atoms with Gasteiger partial charge in [0.25, 0.3) is 0 Å². The highest BCUT2D eigenvalue weighted by Gasteiger charge is 2.17. The summed E-state index contributed by atoms with van der Waals surface area (Å²) in [7, 11) is 0. The predicted molar refractivity (Wildman–Crippen MR) is 74.0 cm³/mol. The maximum Gasteiger partial charge on any atom is 0.126 e. The lowest BCUT2D eigenvalue weighted by Gasteiger charge is -2.14. The van der Waals surface area contributed by atoms with E-state index < -0.39 is 0 Å². The molecule has 17 heavy (non-hydrogen) atoms. The summed E-state index contributed by atoms with van der Waals surface area (Å²) < 4.78 is 13.2. The molecule has 1 aliphatic rings. The van der Waals surface area contributed by atoms with E-state index >= 15 is 0 Å². The summed E-state index contributed by atoms with van der Waals surface area (Å²) >= 11 is 3.73. The van der Waals surface area contributed by atoms with Crippen LogP contribution in [0.2, 0.25) is 0 Å². The Morgan fingerprint density at radius 1 is 1.35 bits per heavy atom. The van der Waals surface area contributed by atoms with Gasteiger partial charge in [0.1, 0.15) is 5.82 Å². The molecule has 1 atom stereocenters. The van der Waals surface area contributed by atoms with Crippen LogP contribution in [0.4, 0.5) is 4.39 Å². The van der Waals surface area contributed by atoms with Gasteiger partial charge in [-0.3, -0.25) is 0 Å². The van der Waals surface area contributed by atoms with Crippen LogP contribution in [-0.2, 0) is 0 Å². The lowest BCUT2D eigenvalue weighted by atomic mass is 9.97. The van der Waals surface area contributed by atoms with E-state index in [1.54, 1.807) is 6.07 Å². The topological polar surface area (TPSA) is 0 Å². The van der Waals surface area contributed by atoms with Gasteiger partial charge in [-0.05, 0) is 42.9 Å². The molecule has 0 aromatic heterocycles. The minimum absolute atomic E-state index is 0.107. The summed E-state index contributed by atoms with van der Waals surface area (Å²) in [4.78, 5) is 0.377. The highest BCUT2D eigenvalue weighted by molar-refractivity contribution is 9.09. The average molecular weight is 299 g/mol. The van der Waals surface area contributed by atoms with Gasteiger partial charge in [0, 0.05) is 4.83 Å². The molecule has 1 aromatic carbocycles. The fourth-order valence-electron chi connectivity index (χ4n) is 2.71. The Balaban J connectivity index is 1.89. The van der Waals surface area contributed by atoms with Crippen LogP contribution in [0.1, 0.15) is 54.5 Å². The van der Waals surface area contributed by atoms with E-state index in [1.165, 1.54) is 37.7 Å². The first kappa shape index (κ1) is 13.1. The summed E-state index contributed by atoms with van der Waals surface area (Å²) in [5.74, 6) is 0.820. The molecule has 0 spiro atoms. The zero-order chi connectivity index (χ0) is 12.3. The van der Waals surface area contributed by atoms with E-state index in [0.717, 1.165) is 17.9 Å². The van der Waals surface area contributed by atoms with Crippen molar-refractivity contribution < 1.29 is 4.39 Å². The third kappa shape index (κ3) is 3.54. The molecule has 1 aromatic rings. The van der Waals surface area contributed by atoms with E-state index in [9.17, 15) is 4.39 Å². The monoisotopic (exact) mass is 298 g/mol. The second-order valence-corrected chi connectivity index (χ2v) is 6.31. The second-order valence-electron chi connectivity index (χ2n) is 5.20. The standard InChI is InChI=1S/C15H20BrF/c1-11-10-13(7-9-15(11)17)14(16)8-6-12-4-2-3-5-12/h7,9-10,12,14H,2-6,8H2,1H3. The SMILES string of the molecule is Cc1cc(C(Br)CCC2CCCC2)ccc1F. The molecule has 2 heteroatoms. The Bertz CT molecular complexity index is 369. The molecule has 0 amide bonds. The summed E-state index contributed by atoms with van der Waals surface area (Å²) in [6.45, 7) is 1.83. The van der Waals surface area contributed by atoms with E-state index in [4.69, 9.17) is 0 Å². The van der Waals surface area contributed by atoms with Crippen molar-refractivity contribution in [2.24, 2.45) is 5.92 Å². The van der Waals surface area contributed by atoms with E-state index in [2.05, 4.69) is 15.9 Å². The summed E-state index contributed by atoms with van der Waals surface area (Å²) in [5, 5.41) is 0. The number of alkyl halides is 1. The zero-order valence-corrected chi connectivity index (χ0v) is 12.0. The van der Waals surface area contributed by atoms with Crippen molar-refractivity contribution in [2.45, 2.75) is 50.3 Å². The van der Waals surface area contributed by atoms with E-state index in [-0.39, 0.29) is 5.82 Å². The normalized spacial score (nSPS) is 18.5. The van der Waals surface area contributed by atoms with Crippen molar-refractivity contribution in [3.8, 4) is 0 Å². The van der Waals surface area contributed by atoms with Crippen LogP contribution in [-0.4, -0.2) is 0 Å². The van der Waals surface area contributed by atoms with Crippen molar-refractivity contribution in [1.82, 2.24) is 0 Å². The fourth-order valence-corrected chi connectivity index (χ4v) is 3.26. The second kappa shape index (κ2) is 5.99. The molecule has 0 saturated heterocycles. The van der Waals surface area contributed by atoms with Gasteiger partial charge in [-0.15, -0.1) is 0 Å². The van der Waals surface area contributed by atoms with Gasteiger partial charge in [0.05, 0.1) is 0 Å². The number of halogens is 2. The quantitative estimate of drug-likeness (QED) is 0.640. The van der Waals surface area contributed by atoms with Gasteiger partial charge in [-0.1, -0.05) is 53.7 Å². The first-order valence-corrected chi connectivity index (χ1v) is 7.48. The highest BCUT2D eigenvalue weighted by atomic mass is 79.9. The smallest absolute Gasteiger partial charge is 0.126 e. The van der Waals surface area contributed by atoms with Crippen molar-refractivity contribution in [2.75, 3.05) is 0 Å². The average Bonchev–Trinajstić information content (AvgIpc) is 2.82. The number of benzene rings is 1. The molecule has 0 N–H and O–H groups in total. The molecule has 0 bridgehead atoms. The molecule has 94 valence electrons. The first-order valence-electron chi connectivity index (χ1n) is 6.57. The lowest BCUT2D eigenvalue weighted by Crippen LogP contribution is -1.98.